The Kier molecular flexibility index (Phi) is 14.0. The zero-order valence-corrected chi connectivity index (χ0v) is 25.0. The summed E-state index contributed by atoms with van der Waals surface area (Å²) in [7, 11) is 0. The number of hydrogen-bond donors (Lipinski definition) is 3. The van der Waals surface area contributed by atoms with Crippen LogP contribution in [0.5, 0.6) is 0 Å². The lowest BCUT2D eigenvalue weighted by Crippen LogP contribution is -2.55. The van der Waals surface area contributed by atoms with Gasteiger partial charge in [0.1, 0.15) is 11.8 Å². The van der Waals surface area contributed by atoms with Crippen LogP contribution >= 0.6 is 0 Å². The lowest BCUT2D eigenvalue weighted by atomic mass is 9.95. The van der Waals surface area contributed by atoms with E-state index in [1.807, 2.05) is 92.7 Å². The largest absolute Gasteiger partial charge is 0.391 e. The van der Waals surface area contributed by atoms with Crippen molar-refractivity contribution in [3.8, 4) is 0 Å². The van der Waals surface area contributed by atoms with E-state index in [9.17, 15) is 19.5 Å². The molecule has 0 saturated carbocycles. The molecule has 0 aromatic heterocycles. The summed E-state index contributed by atoms with van der Waals surface area (Å²) in [5.41, 5.74) is 3.36. The van der Waals surface area contributed by atoms with Gasteiger partial charge in [-0.3, -0.25) is 14.4 Å². The summed E-state index contributed by atoms with van der Waals surface area (Å²) < 4.78 is 0. The van der Waals surface area contributed by atoms with E-state index in [1.165, 1.54) is 11.1 Å². The number of aryl methyl sites for hydroxylation is 2. The molecule has 0 bridgehead atoms. The molecule has 0 saturated heterocycles. The molecular formula is C36H46N2O4. The van der Waals surface area contributed by atoms with Gasteiger partial charge in [0.25, 0.3) is 0 Å². The maximum Gasteiger partial charge on any atom is 0.243 e. The number of rotatable bonds is 18. The lowest BCUT2D eigenvalue weighted by Gasteiger charge is -2.28. The predicted octanol–water partition coefficient (Wildman–Crippen LogP) is 5.61. The van der Waals surface area contributed by atoms with Crippen molar-refractivity contribution < 1.29 is 19.5 Å². The maximum absolute atomic E-state index is 13.4. The number of hydrogen-bond acceptors (Lipinski definition) is 4. The molecule has 0 heterocycles. The van der Waals surface area contributed by atoms with Gasteiger partial charge in [-0.1, -0.05) is 105 Å². The van der Waals surface area contributed by atoms with Crippen molar-refractivity contribution >= 4 is 17.6 Å². The fourth-order valence-electron chi connectivity index (χ4n) is 5.07. The number of aliphatic hydroxyl groups excluding tert-OH is 1. The van der Waals surface area contributed by atoms with Crippen LogP contribution in [0.1, 0.15) is 69.1 Å². The minimum absolute atomic E-state index is 0.109. The fraction of sp³-hybridized carbons (Fsp3) is 0.417. The summed E-state index contributed by atoms with van der Waals surface area (Å²) in [6.07, 6.45) is 3.92. The van der Waals surface area contributed by atoms with E-state index in [4.69, 9.17) is 0 Å². The van der Waals surface area contributed by atoms with Gasteiger partial charge in [-0.25, -0.2) is 0 Å². The highest BCUT2D eigenvalue weighted by atomic mass is 16.3. The van der Waals surface area contributed by atoms with Crippen molar-refractivity contribution in [3.63, 3.8) is 0 Å². The Hall–Kier alpha value is -3.77. The van der Waals surface area contributed by atoms with Crippen molar-refractivity contribution in [1.29, 1.82) is 0 Å². The number of ketones is 1. The Morgan fingerprint density at radius 2 is 1.17 bits per heavy atom. The first-order valence-electron chi connectivity index (χ1n) is 15.2. The summed E-state index contributed by atoms with van der Waals surface area (Å²) in [6, 6.07) is 28.5. The van der Waals surface area contributed by atoms with Crippen LogP contribution < -0.4 is 10.6 Å². The van der Waals surface area contributed by atoms with Crippen LogP contribution in [0.3, 0.4) is 0 Å². The average molecular weight is 571 g/mol. The molecule has 3 N–H and O–H groups in total. The Morgan fingerprint density at radius 1 is 0.667 bits per heavy atom. The zero-order valence-electron chi connectivity index (χ0n) is 25.0. The van der Waals surface area contributed by atoms with E-state index in [2.05, 4.69) is 22.8 Å². The second-order valence-electron chi connectivity index (χ2n) is 11.4. The molecule has 6 nitrogen and oxygen atoms in total. The van der Waals surface area contributed by atoms with Crippen molar-refractivity contribution in [2.24, 2.45) is 5.92 Å². The molecule has 6 heteroatoms. The van der Waals surface area contributed by atoms with Crippen LogP contribution in [-0.4, -0.2) is 40.9 Å². The molecule has 42 heavy (non-hydrogen) atoms. The second kappa shape index (κ2) is 17.9. The number of carbonyl (C=O) groups excluding carboxylic acids is 3. The van der Waals surface area contributed by atoms with E-state index < -0.39 is 18.2 Å². The zero-order chi connectivity index (χ0) is 30.2. The summed E-state index contributed by atoms with van der Waals surface area (Å²) in [4.78, 5) is 38.8. The Labute approximate surface area is 250 Å². The normalized spacial score (nSPS) is 13.2. The third-order valence-corrected chi connectivity index (χ3v) is 7.55. The smallest absolute Gasteiger partial charge is 0.243 e. The average Bonchev–Trinajstić information content (AvgIpc) is 2.99. The molecule has 0 aliphatic rings. The van der Waals surface area contributed by atoms with Crippen LogP contribution in [0.15, 0.2) is 91.0 Å². The molecule has 0 spiro atoms. The number of amides is 2. The first-order valence-corrected chi connectivity index (χ1v) is 15.2. The topological polar surface area (TPSA) is 95.5 Å². The third-order valence-electron chi connectivity index (χ3n) is 7.55. The molecule has 0 fully saturated rings. The number of aliphatic hydroxyl groups is 1. The number of nitrogens with one attached hydrogen (secondary N) is 2. The molecule has 0 unspecified atom stereocenters. The molecule has 3 aromatic carbocycles. The molecule has 224 valence electrons. The van der Waals surface area contributed by atoms with Gasteiger partial charge in [0.05, 0.1) is 12.1 Å². The number of Topliss-reactive ketones (excluding diaryl/α,β-unsaturated/α-hetero) is 1. The van der Waals surface area contributed by atoms with Crippen molar-refractivity contribution in [2.75, 3.05) is 0 Å². The molecule has 0 aliphatic heterocycles. The molecule has 2 amide bonds. The van der Waals surface area contributed by atoms with Crippen molar-refractivity contribution in [1.82, 2.24) is 10.6 Å². The van der Waals surface area contributed by atoms with Crippen molar-refractivity contribution in [3.05, 3.63) is 108 Å². The lowest BCUT2D eigenvalue weighted by molar-refractivity contribution is -0.131. The minimum Gasteiger partial charge on any atom is -0.391 e. The van der Waals surface area contributed by atoms with Crippen LogP contribution in [0.4, 0.5) is 0 Å². The van der Waals surface area contributed by atoms with Gasteiger partial charge in [0, 0.05) is 19.3 Å². The van der Waals surface area contributed by atoms with E-state index in [-0.39, 0.29) is 36.4 Å². The maximum atomic E-state index is 13.4. The van der Waals surface area contributed by atoms with E-state index in [1.54, 1.807) is 0 Å². The molecule has 0 radical (unpaired) electrons. The molecular weight excluding hydrogens is 524 g/mol. The van der Waals surface area contributed by atoms with Gasteiger partial charge in [-0.05, 0) is 61.1 Å². The first kappa shape index (κ1) is 32.7. The highest BCUT2D eigenvalue weighted by molar-refractivity contribution is 5.88. The Morgan fingerprint density at radius 3 is 1.69 bits per heavy atom. The number of carbonyl (C=O) groups is 3. The summed E-state index contributed by atoms with van der Waals surface area (Å²) in [6.45, 7) is 3.79. The van der Waals surface area contributed by atoms with Crippen LogP contribution in [0.2, 0.25) is 0 Å². The quantitative estimate of drug-likeness (QED) is 0.185. The number of benzene rings is 3. The van der Waals surface area contributed by atoms with Gasteiger partial charge in [-0.2, -0.15) is 0 Å². The van der Waals surface area contributed by atoms with Gasteiger partial charge in [0.15, 0.2) is 0 Å². The summed E-state index contributed by atoms with van der Waals surface area (Å²) in [5.74, 6) is -0.516. The second-order valence-corrected chi connectivity index (χ2v) is 11.4. The highest BCUT2D eigenvalue weighted by Gasteiger charge is 2.29. The third kappa shape index (κ3) is 12.0. The summed E-state index contributed by atoms with van der Waals surface area (Å²) in [5, 5.41) is 17.1. The minimum atomic E-state index is -0.901. The van der Waals surface area contributed by atoms with Crippen LogP contribution in [0.25, 0.3) is 0 Å². The monoisotopic (exact) mass is 570 g/mol. The SMILES string of the molecule is CC(C)[C@H](NC(=O)CCCc1ccccc1)C(=O)N[C@@H](Cc1ccccc1)[C@@H](O)CCC(=O)CCCc1ccccc1. The van der Waals surface area contributed by atoms with Crippen LogP contribution in [0, 0.1) is 5.92 Å². The molecule has 3 aromatic rings. The highest BCUT2D eigenvalue weighted by Crippen LogP contribution is 2.14. The Bertz CT molecular complexity index is 1210. The first-order chi connectivity index (χ1) is 20.3. The van der Waals surface area contributed by atoms with Gasteiger partial charge < -0.3 is 15.7 Å². The summed E-state index contributed by atoms with van der Waals surface area (Å²) >= 11 is 0. The standard InChI is InChI=1S/C36H46N2O4/c1-27(2)35(38-34(41)23-13-21-29-16-8-4-9-17-29)36(42)37-32(26-30-18-10-5-11-19-30)33(40)25-24-31(39)22-12-20-28-14-6-3-7-15-28/h3-11,14-19,27,32-33,35,40H,12-13,20-26H2,1-2H3,(H,37,42)(H,38,41)/t32-,33-,35-/m0/s1. The van der Waals surface area contributed by atoms with Crippen molar-refractivity contribution in [2.45, 2.75) is 89.8 Å². The Balaban J connectivity index is 1.54. The van der Waals surface area contributed by atoms with Gasteiger partial charge >= 0.3 is 0 Å². The van der Waals surface area contributed by atoms with Gasteiger partial charge in [-0.15, -0.1) is 0 Å². The molecule has 0 aliphatic carbocycles. The fourth-order valence-corrected chi connectivity index (χ4v) is 5.07. The van der Waals surface area contributed by atoms with Gasteiger partial charge in [0.2, 0.25) is 11.8 Å². The molecule has 3 atom stereocenters. The van der Waals surface area contributed by atoms with E-state index >= 15 is 0 Å². The predicted molar refractivity (Wildman–Crippen MR) is 168 cm³/mol. The molecule has 3 rings (SSSR count). The van der Waals surface area contributed by atoms with Crippen LogP contribution in [-0.2, 0) is 33.6 Å². The van der Waals surface area contributed by atoms with E-state index in [0.29, 0.717) is 25.7 Å². The van der Waals surface area contributed by atoms with E-state index in [0.717, 1.165) is 24.8 Å².